The summed E-state index contributed by atoms with van der Waals surface area (Å²) in [5.74, 6) is 5.52. The molecule has 2 aromatic heterocycles. The molecule has 0 aliphatic rings. The van der Waals surface area contributed by atoms with Gasteiger partial charge in [-0.15, -0.1) is 0 Å². The molecular weight excluding hydrogens is 546 g/mol. The third-order valence-electron chi connectivity index (χ3n) is 5.68. The van der Waals surface area contributed by atoms with E-state index in [0.29, 0.717) is 35.5 Å². The van der Waals surface area contributed by atoms with Gasteiger partial charge in [0.05, 0.1) is 18.2 Å². The zero-order valence-electron chi connectivity index (χ0n) is 23.6. The van der Waals surface area contributed by atoms with E-state index in [2.05, 4.69) is 36.8 Å². The van der Waals surface area contributed by atoms with Crippen molar-refractivity contribution in [3.8, 4) is 11.8 Å². The number of hydrogen-bond acceptors (Lipinski definition) is 9. The molecule has 12 heteroatoms. The molecule has 2 heterocycles. The average Bonchev–Trinajstić information content (AvgIpc) is 3.39. The van der Waals surface area contributed by atoms with E-state index >= 15 is 0 Å². The number of aromatic nitrogens is 2. The number of benzene rings is 1. The van der Waals surface area contributed by atoms with Gasteiger partial charge in [0.2, 0.25) is 0 Å². The van der Waals surface area contributed by atoms with Crippen molar-refractivity contribution < 1.29 is 27.9 Å². The van der Waals surface area contributed by atoms with Crippen LogP contribution in [0.1, 0.15) is 77.6 Å². The van der Waals surface area contributed by atoms with Gasteiger partial charge in [0.25, 0.3) is 11.8 Å². The largest absolute Gasteiger partial charge is 0.469 e. The van der Waals surface area contributed by atoms with Crippen LogP contribution in [0.3, 0.4) is 0 Å². The summed E-state index contributed by atoms with van der Waals surface area (Å²) < 4.78 is 25.1. The maximum absolute atomic E-state index is 12.8. The average molecular weight is 580 g/mol. The van der Waals surface area contributed by atoms with Gasteiger partial charge in [-0.25, -0.2) is 9.19 Å². The van der Waals surface area contributed by atoms with E-state index in [-0.39, 0.29) is 40.7 Å². The predicted octanol–water partition coefficient (Wildman–Crippen LogP) is 3.31. The highest BCUT2D eigenvalue weighted by Gasteiger charge is 2.20. The summed E-state index contributed by atoms with van der Waals surface area (Å²) in [4.78, 5) is 40.7. The lowest BCUT2D eigenvalue weighted by Gasteiger charge is -2.12. The minimum absolute atomic E-state index is 0.107. The second kappa shape index (κ2) is 13.1. The Labute approximate surface area is 239 Å². The Morgan fingerprint density at radius 2 is 1.88 bits per heavy atom. The molecule has 3 aromatic rings. The van der Waals surface area contributed by atoms with Crippen molar-refractivity contribution in [1.82, 2.24) is 14.9 Å². The van der Waals surface area contributed by atoms with Gasteiger partial charge in [0.15, 0.2) is 5.82 Å². The number of ether oxygens (including phenoxy) is 1. The molecular formula is C29H33N5O6S. The summed E-state index contributed by atoms with van der Waals surface area (Å²) in [7, 11) is -1.52. The number of unbranched alkanes of at least 4 members (excludes halogenated alkanes) is 1. The molecule has 0 aliphatic heterocycles. The first-order valence-corrected chi connectivity index (χ1v) is 14.7. The van der Waals surface area contributed by atoms with Gasteiger partial charge in [0, 0.05) is 51.2 Å². The molecule has 11 nitrogen and oxygen atoms in total. The van der Waals surface area contributed by atoms with Crippen LogP contribution in [0.15, 0.2) is 47.1 Å². The van der Waals surface area contributed by atoms with Crippen LogP contribution in [0.4, 0.5) is 11.6 Å². The van der Waals surface area contributed by atoms with E-state index in [1.165, 1.54) is 31.0 Å². The number of methoxy groups -OCH3 is 1. The van der Waals surface area contributed by atoms with Crippen molar-refractivity contribution in [3.63, 3.8) is 0 Å². The zero-order valence-corrected chi connectivity index (χ0v) is 24.4. The molecule has 0 radical (unpaired) electrons. The number of esters is 1. The third kappa shape index (κ3) is 9.22. The first-order valence-electron chi connectivity index (χ1n) is 12.6. The Balaban J connectivity index is 1.71. The van der Waals surface area contributed by atoms with Gasteiger partial charge in [-0.05, 0) is 42.5 Å². The van der Waals surface area contributed by atoms with Gasteiger partial charge in [-0.1, -0.05) is 43.8 Å². The van der Waals surface area contributed by atoms with Crippen molar-refractivity contribution in [1.29, 1.82) is 0 Å². The number of nitrogens with zero attached hydrogens (tertiary/aromatic N) is 2. The molecule has 41 heavy (non-hydrogen) atoms. The van der Waals surface area contributed by atoms with Gasteiger partial charge in [-0.2, -0.15) is 0 Å². The van der Waals surface area contributed by atoms with E-state index in [0.717, 1.165) is 0 Å². The van der Waals surface area contributed by atoms with Crippen LogP contribution in [-0.2, 0) is 24.7 Å². The molecule has 0 saturated carbocycles. The Morgan fingerprint density at radius 3 is 2.56 bits per heavy atom. The Kier molecular flexibility index (Phi) is 9.91. The highest BCUT2D eigenvalue weighted by molar-refractivity contribution is 7.99. The van der Waals surface area contributed by atoms with Crippen molar-refractivity contribution in [2.45, 2.75) is 45.4 Å². The zero-order chi connectivity index (χ0) is 30.2. The lowest BCUT2D eigenvalue weighted by Crippen LogP contribution is -2.31. The molecule has 3 rings (SSSR count). The van der Waals surface area contributed by atoms with Crippen LogP contribution < -0.4 is 15.8 Å². The number of amides is 2. The van der Waals surface area contributed by atoms with Crippen molar-refractivity contribution in [2.75, 3.05) is 24.4 Å². The number of pyridine rings is 1. The molecule has 0 fully saturated rings. The van der Waals surface area contributed by atoms with Gasteiger partial charge in [0.1, 0.15) is 11.6 Å². The van der Waals surface area contributed by atoms with E-state index in [1.807, 2.05) is 20.8 Å². The van der Waals surface area contributed by atoms with Gasteiger partial charge >= 0.3 is 5.97 Å². The minimum atomic E-state index is -2.82. The highest BCUT2D eigenvalue weighted by atomic mass is 32.2. The number of anilines is 2. The second-order valence-corrected chi connectivity index (χ2v) is 12.6. The smallest absolute Gasteiger partial charge is 0.305 e. The lowest BCUT2D eigenvalue weighted by atomic mass is 9.93. The first kappa shape index (κ1) is 30.9. The van der Waals surface area contributed by atoms with Gasteiger partial charge in [-0.3, -0.25) is 19.1 Å². The fourth-order valence-electron chi connectivity index (χ4n) is 3.39. The molecule has 1 aromatic carbocycles. The molecule has 0 aliphatic carbocycles. The number of nitrogen functional groups attached to an aromatic ring is 1. The van der Waals surface area contributed by atoms with E-state index in [9.17, 15) is 18.6 Å². The summed E-state index contributed by atoms with van der Waals surface area (Å²) in [5, 5.41) is 8.08. The maximum atomic E-state index is 12.8. The number of rotatable bonds is 8. The monoisotopic (exact) mass is 579 g/mol. The Hall–Kier alpha value is -4.63. The maximum Gasteiger partial charge on any atom is 0.305 e. The summed E-state index contributed by atoms with van der Waals surface area (Å²) in [5.41, 5.74) is 7.01. The fourth-order valence-corrected chi connectivity index (χ4v) is 4.58. The van der Waals surface area contributed by atoms with Crippen LogP contribution >= 0.6 is 0 Å². The van der Waals surface area contributed by atoms with Crippen LogP contribution in [0.5, 0.6) is 0 Å². The molecule has 0 saturated heterocycles. The number of nitrogens with two attached hydrogens (primary N) is 1. The van der Waals surface area contributed by atoms with Crippen LogP contribution in [-0.4, -0.2) is 50.9 Å². The van der Waals surface area contributed by atoms with Crippen LogP contribution in [0.2, 0.25) is 0 Å². The normalized spacial score (nSPS) is 12.3. The lowest BCUT2D eigenvalue weighted by molar-refractivity contribution is -0.140. The predicted molar refractivity (Wildman–Crippen MR) is 158 cm³/mol. The molecule has 2 amide bonds. The summed E-state index contributed by atoms with van der Waals surface area (Å²) in [6.45, 7) is 5.93. The summed E-state index contributed by atoms with van der Waals surface area (Å²) in [6.07, 6.45) is 3.65. The third-order valence-corrected chi connectivity index (χ3v) is 7.14. The topological polar surface area (TPSA) is 167 Å². The standard InChI is InChI=1S/C29H33N5O6S/c1-29(2,3)23-17-24(33-40-23)32-27(36)21-10-8-9-19(15-21)12-13-20-16-22(18-31-26(20)30)28(37)34-41(5,38)14-7-6-11-25(35)39-4/h8-10,14-18H,6-7,11H2,1-5H3,(H2,30,31)(H,32,33,36)(H,34,37,38). The summed E-state index contributed by atoms with van der Waals surface area (Å²) in [6, 6.07) is 9.79. The molecule has 4 N–H and O–H groups in total. The van der Waals surface area contributed by atoms with Crippen molar-refractivity contribution >= 4 is 44.5 Å². The number of nitrogens with one attached hydrogen (secondary N) is 2. The quantitative estimate of drug-likeness (QED) is 0.157. The molecule has 0 spiro atoms. The molecule has 1 unspecified atom stereocenters. The Morgan fingerprint density at radius 1 is 1.12 bits per heavy atom. The van der Waals surface area contributed by atoms with Gasteiger partial charge < -0.3 is 20.3 Å². The Bertz CT molecular complexity index is 1630. The van der Waals surface area contributed by atoms with Crippen LogP contribution in [0.25, 0.3) is 0 Å². The molecule has 1 atom stereocenters. The number of carbonyl (C=O) groups is 3. The fraction of sp³-hybridized carbons (Fsp3) is 0.310. The number of carbonyl (C=O) groups excluding carboxylic acids is 3. The van der Waals surface area contributed by atoms with Crippen molar-refractivity contribution in [3.05, 3.63) is 70.6 Å². The molecule has 216 valence electrons. The van der Waals surface area contributed by atoms with E-state index < -0.39 is 15.6 Å². The van der Waals surface area contributed by atoms with E-state index in [1.54, 1.807) is 30.3 Å². The van der Waals surface area contributed by atoms with Crippen LogP contribution in [0, 0.1) is 11.8 Å². The second-order valence-electron chi connectivity index (χ2n) is 10.2. The summed E-state index contributed by atoms with van der Waals surface area (Å²) >= 11 is 0. The first-order chi connectivity index (χ1) is 19.3. The van der Waals surface area contributed by atoms with E-state index in [4.69, 9.17) is 10.3 Å². The molecule has 0 bridgehead atoms. The number of hydrogen-bond donors (Lipinski definition) is 3. The van der Waals surface area contributed by atoms with Crippen molar-refractivity contribution in [2.24, 2.45) is 0 Å². The minimum Gasteiger partial charge on any atom is -0.469 e. The highest BCUT2D eigenvalue weighted by Crippen LogP contribution is 2.24. The SMILES string of the molecule is COC(=O)CCCC=S(C)(=O)NC(=O)c1cnc(N)c(C#Cc2cccc(C(=O)Nc3cc(C(C)(C)C)on3)c2)c1.